The molecule has 0 aromatic carbocycles. The first-order chi connectivity index (χ1) is 7.75. The summed E-state index contributed by atoms with van der Waals surface area (Å²) >= 11 is 0. The third-order valence-electron chi connectivity index (χ3n) is 1.99. The summed E-state index contributed by atoms with van der Waals surface area (Å²) in [5, 5.41) is 9.18. The summed E-state index contributed by atoms with van der Waals surface area (Å²) in [6, 6.07) is 3.34. The van der Waals surface area contributed by atoms with Crippen LogP contribution in [0.15, 0.2) is 34.7 Å². The van der Waals surface area contributed by atoms with E-state index < -0.39 is 0 Å². The van der Waals surface area contributed by atoms with Crippen molar-refractivity contribution in [3.05, 3.63) is 30.1 Å². The van der Waals surface area contributed by atoms with Crippen molar-refractivity contribution in [3.63, 3.8) is 0 Å². The summed E-state index contributed by atoms with van der Waals surface area (Å²) in [6.45, 7) is 2.23. The van der Waals surface area contributed by atoms with Crippen LogP contribution >= 0.6 is 0 Å². The van der Waals surface area contributed by atoms with Crippen LogP contribution in [-0.2, 0) is 0 Å². The molecule has 0 radical (unpaired) electrons. The van der Waals surface area contributed by atoms with Crippen molar-refractivity contribution in [1.82, 2.24) is 15.4 Å². The molecule has 2 heterocycles. The molecule has 0 saturated heterocycles. The van der Waals surface area contributed by atoms with E-state index in [2.05, 4.69) is 20.6 Å². The molecule has 5 N–H and O–H groups in total. The number of hydrazone groups is 2. The van der Waals surface area contributed by atoms with E-state index in [1.807, 2.05) is 19.1 Å². The van der Waals surface area contributed by atoms with Crippen LogP contribution in [0.5, 0.6) is 0 Å². The van der Waals surface area contributed by atoms with E-state index >= 15 is 0 Å². The van der Waals surface area contributed by atoms with Gasteiger partial charge in [0.2, 0.25) is 0 Å². The maximum atomic E-state index is 11.3. The monoisotopic (exact) mass is 253 g/mol. The summed E-state index contributed by atoms with van der Waals surface area (Å²) in [5.41, 5.74) is 4.02. The Balaban J connectivity index is 0.00000144. The predicted octanol–water partition coefficient (Wildman–Crippen LogP) is -0.833. The Morgan fingerprint density at radius 2 is 2.28 bits per heavy atom. The predicted molar refractivity (Wildman–Crippen MR) is 67.4 cm³/mol. The van der Waals surface area contributed by atoms with Gasteiger partial charge in [-0.3, -0.25) is 4.98 Å². The van der Waals surface area contributed by atoms with Gasteiger partial charge in [0, 0.05) is 18.0 Å². The van der Waals surface area contributed by atoms with Crippen molar-refractivity contribution < 1.29 is 15.7 Å². The summed E-state index contributed by atoms with van der Waals surface area (Å²) in [6.07, 6.45) is 4.94. The van der Waals surface area contributed by atoms with E-state index in [9.17, 15) is 4.79 Å². The second-order valence-electron chi connectivity index (χ2n) is 3.35. The smallest absolute Gasteiger partial charge is 0.358 e. The van der Waals surface area contributed by atoms with Crippen molar-refractivity contribution in [2.45, 2.75) is 6.92 Å². The molecule has 8 nitrogen and oxygen atoms in total. The van der Waals surface area contributed by atoms with E-state index in [0.29, 0.717) is 6.54 Å². The topological polar surface area (TPSA) is 133 Å². The number of pyridine rings is 1. The molecule has 0 spiro atoms. The lowest BCUT2D eigenvalue weighted by Crippen LogP contribution is -2.42. The van der Waals surface area contributed by atoms with Gasteiger partial charge in [0.05, 0.1) is 18.5 Å². The minimum Gasteiger partial charge on any atom is -0.412 e. The van der Waals surface area contributed by atoms with Gasteiger partial charge in [0.15, 0.2) is 0 Å². The first-order valence-corrected chi connectivity index (χ1v) is 4.80. The second kappa shape index (κ2) is 7.09. The number of carbonyl (C=O) groups excluding carboxylic acids is 1. The van der Waals surface area contributed by atoms with E-state index in [0.717, 1.165) is 11.3 Å². The molecule has 18 heavy (non-hydrogen) atoms. The van der Waals surface area contributed by atoms with Crippen LogP contribution in [0, 0.1) is 0 Å². The third kappa shape index (κ3) is 3.92. The van der Waals surface area contributed by atoms with Crippen molar-refractivity contribution >= 4 is 18.0 Å². The van der Waals surface area contributed by atoms with Gasteiger partial charge < -0.3 is 11.0 Å². The Hall–Kier alpha value is -2.32. The van der Waals surface area contributed by atoms with Crippen LogP contribution in [0.2, 0.25) is 0 Å². The lowest BCUT2D eigenvalue weighted by Gasteiger charge is -2.20. The normalized spacial score (nSPS) is 14.4. The summed E-state index contributed by atoms with van der Waals surface area (Å²) in [5.74, 6) is 0. The number of nitrogens with one attached hydrogen (secondary N) is 1. The third-order valence-corrected chi connectivity index (χ3v) is 1.99. The van der Waals surface area contributed by atoms with Crippen molar-refractivity contribution in [1.29, 1.82) is 0 Å². The van der Waals surface area contributed by atoms with E-state index in [1.165, 1.54) is 5.01 Å². The molecule has 0 saturated carbocycles. The summed E-state index contributed by atoms with van der Waals surface area (Å²) in [4.78, 5) is 15.3. The van der Waals surface area contributed by atoms with Crippen LogP contribution in [0.4, 0.5) is 4.79 Å². The first-order valence-electron chi connectivity index (χ1n) is 4.80. The number of amides is 2. The molecule has 8 heteroatoms. The van der Waals surface area contributed by atoms with Crippen LogP contribution in [-0.4, -0.2) is 45.4 Å². The number of aromatic nitrogens is 1. The number of carbonyl (C=O) groups is 1. The lowest BCUT2D eigenvalue weighted by molar-refractivity contribution is 0.204. The van der Waals surface area contributed by atoms with Gasteiger partial charge in [-0.1, -0.05) is 6.07 Å². The molecule has 0 fully saturated rings. The molecule has 0 aliphatic carbocycles. The van der Waals surface area contributed by atoms with Crippen LogP contribution < -0.4 is 5.43 Å². The van der Waals surface area contributed by atoms with Gasteiger partial charge in [0.25, 0.3) is 0 Å². The van der Waals surface area contributed by atoms with Gasteiger partial charge in [0.1, 0.15) is 0 Å². The number of urea groups is 1. The van der Waals surface area contributed by atoms with Gasteiger partial charge in [-0.15, -0.1) is 0 Å². The first kappa shape index (κ1) is 15.7. The standard InChI is InChI=1S/C10H11N5O.2H2O/c1-8-7-15(10(16)14-13-8)12-6-9-3-2-4-11-5-9;;/h2-6H,7H2,1H3,(H,14,16);2*1H2. The highest BCUT2D eigenvalue weighted by Gasteiger charge is 2.16. The minimum absolute atomic E-state index is 0. The van der Waals surface area contributed by atoms with Crippen molar-refractivity contribution in [3.8, 4) is 0 Å². The van der Waals surface area contributed by atoms with E-state index in [-0.39, 0.29) is 17.0 Å². The molecule has 0 bridgehead atoms. The van der Waals surface area contributed by atoms with Gasteiger partial charge in [-0.25, -0.2) is 15.2 Å². The van der Waals surface area contributed by atoms with E-state index in [1.54, 1.807) is 18.6 Å². The van der Waals surface area contributed by atoms with Crippen LogP contribution in [0.1, 0.15) is 12.5 Å². The molecule has 1 aliphatic heterocycles. The average molecular weight is 253 g/mol. The average Bonchev–Trinajstić information content (AvgIpc) is 2.32. The molecule has 0 atom stereocenters. The fourth-order valence-electron chi connectivity index (χ4n) is 1.21. The molecule has 1 aromatic heterocycles. The molecule has 0 unspecified atom stereocenters. The SMILES string of the molecule is CC1=NNC(=O)N(N=Cc2cccnc2)C1.O.O. The van der Waals surface area contributed by atoms with Crippen LogP contribution in [0.3, 0.4) is 0 Å². The molecular formula is C10H15N5O3. The zero-order chi connectivity index (χ0) is 11.4. The van der Waals surface area contributed by atoms with Crippen LogP contribution in [0.25, 0.3) is 0 Å². The maximum absolute atomic E-state index is 11.3. The summed E-state index contributed by atoms with van der Waals surface area (Å²) < 4.78 is 0. The van der Waals surface area contributed by atoms with Gasteiger partial charge >= 0.3 is 6.03 Å². The van der Waals surface area contributed by atoms with Crippen molar-refractivity contribution in [2.75, 3.05) is 6.54 Å². The molecule has 98 valence electrons. The van der Waals surface area contributed by atoms with Crippen molar-refractivity contribution in [2.24, 2.45) is 10.2 Å². The molecular weight excluding hydrogens is 238 g/mol. The number of rotatable bonds is 2. The molecule has 2 rings (SSSR count). The fraction of sp³-hybridized carbons (Fsp3) is 0.200. The quantitative estimate of drug-likeness (QED) is 0.688. The zero-order valence-electron chi connectivity index (χ0n) is 9.79. The summed E-state index contributed by atoms with van der Waals surface area (Å²) in [7, 11) is 0. The second-order valence-corrected chi connectivity index (χ2v) is 3.35. The molecule has 1 aliphatic rings. The Morgan fingerprint density at radius 3 is 2.94 bits per heavy atom. The number of nitrogens with zero attached hydrogens (tertiary/aromatic N) is 4. The highest BCUT2D eigenvalue weighted by atomic mass is 16.2. The fourth-order valence-corrected chi connectivity index (χ4v) is 1.21. The zero-order valence-corrected chi connectivity index (χ0v) is 9.79. The largest absolute Gasteiger partial charge is 0.412 e. The lowest BCUT2D eigenvalue weighted by atomic mass is 10.3. The maximum Gasteiger partial charge on any atom is 0.358 e. The minimum atomic E-state index is -0.328. The molecule has 2 amide bonds. The Bertz CT molecular complexity index is 446. The number of hydrogen-bond acceptors (Lipinski definition) is 4. The number of hydrogen-bond donors (Lipinski definition) is 1. The van der Waals surface area contributed by atoms with E-state index in [4.69, 9.17) is 0 Å². The van der Waals surface area contributed by atoms with Gasteiger partial charge in [-0.2, -0.15) is 10.2 Å². The van der Waals surface area contributed by atoms with Gasteiger partial charge in [-0.05, 0) is 13.0 Å². The highest BCUT2D eigenvalue weighted by Crippen LogP contribution is 1.99. The Kier molecular flexibility index (Phi) is 6.18. The molecule has 1 aromatic rings. The Labute approximate surface area is 104 Å². The Morgan fingerprint density at radius 1 is 1.50 bits per heavy atom. The highest BCUT2D eigenvalue weighted by molar-refractivity contribution is 5.92.